The van der Waals surface area contributed by atoms with Gasteiger partial charge in [0.2, 0.25) is 0 Å². The predicted molar refractivity (Wildman–Crippen MR) is 115 cm³/mol. The van der Waals surface area contributed by atoms with Crippen LogP contribution in [0, 0.1) is 12.7 Å². The summed E-state index contributed by atoms with van der Waals surface area (Å²) in [5.74, 6) is -3.58. The van der Waals surface area contributed by atoms with Crippen molar-refractivity contribution in [2.45, 2.75) is 18.9 Å². The molecular weight excluding hydrogens is 415 g/mol. The smallest absolute Gasteiger partial charge is 0.296 e. The number of aliphatic hydroxyl groups is 1. The molecule has 7 nitrogen and oxygen atoms in total. The fraction of sp³-hybridized carbons (Fsp3) is 0.292. The van der Waals surface area contributed by atoms with Crippen molar-refractivity contribution in [1.29, 1.82) is 0 Å². The molecule has 8 heteroatoms. The first-order chi connectivity index (χ1) is 15.3. The Kier molecular flexibility index (Phi) is 5.34. The van der Waals surface area contributed by atoms with Crippen LogP contribution in [0.1, 0.15) is 23.1 Å². The van der Waals surface area contributed by atoms with Crippen LogP contribution in [0.5, 0.6) is 0 Å². The van der Waals surface area contributed by atoms with Crippen molar-refractivity contribution in [2.24, 2.45) is 0 Å². The summed E-state index contributed by atoms with van der Waals surface area (Å²) in [5.41, 5.74) is -0.876. The lowest BCUT2D eigenvalue weighted by atomic mass is 9.81. The lowest BCUT2D eigenvalue weighted by Crippen LogP contribution is -2.51. The van der Waals surface area contributed by atoms with Crippen molar-refractivity contribution in [3.05, 3.63) is 70.5 Å². The number of nitrogens with zero attached hydrogens (tertiary/aromatic N) is 2. The summed E-state index contributed by atoms with van der Waals surface area (Å²) >= 11 is 0. The lowest BCUT2D eigenvalue weighted by Gasteiger charge is -2.34. The molecule has 2 aliphatic heterocycles. The monoisotopic (exact) mass is 438 g/mol. The molecule has 2 aromatic carbocycles. The molecule has 0 bridgehead atoms. The van der Waals surface area contributed by atoms with E-state index in [1.54, 1.807) is 38.2 Å². The van der Waals surface area contributed by atoms with Gasteiger partial charge in [-0.15, -0.1) is 0 Å². The van der Waals surface area contributed by atoms with Gasteiger partial charge in [0.15, 0.2) is 5.54 Å². The second-order valence-electron chi connectivity index (χ2n) is 7.91. The predicted octanol–water partition coefficient (Wildman–Crippen LogP) is 2.72. The van der Waals surface area contributed by atoms with E-state index >= 15 is 0 Å². The number of Topliss-reactive ketones (excluding diaryl/α,β-unsaturated/α-hetero) is 1. The van der Waals surface area contributed by atoms with Gasteiger partial charge in [0.1, 0.15) is 11.6 Å². The average Bonchev–Trinajstić information content (AvgIpc) is 3.14. The van der Waals surface area contributed by atoms with E-state index in [-0.39, 0.29) is 17.7 Å². The number of likely N-dealkylation sites (N-methyl/N-ethyl adjacent to an activating group) is 1. The first-order valence-corrected chi connectivity index (χ1v) is 10.2. The number of fused-ring (bicyclic) bond motifs is 2. The molecule has 1 unspecified atom stereocenters. The Hall–Kier alpha value is -3.52. The fourth-order valence-corrected chi connectivity index (χ4v) is 4.52. The molecule has 2 heterocycles. The summed E-state index contributed by atoms with van der Waals surface area (Å²) < 4.78 is 19.3. The number of anilines is 1. The highest BCUT2D eigenvalue weighted by Crippen LogP contribution is 2.53. The number of carbonyl (C=O) groups excluding carboxylic acids is 3. The minimum absolute atomic E-state index is 0.0159. The molecule has 166 valence electrons. The van der Waals surface area contributed by atoms with E-state index in [9.17, 15) is 23.9 Å². The molecule has 0 saturated carbocycles. The second-order valence-corrected chi connectivity index (χ2v) is 7.91. The van der Waals surface area contributed by atoms with Crippen molar-refractivity contribution in [2.75, 3.05) is 32.2 Å². The van der Waals surface area contributed by atoms with Gasteiger partial charge in [-0.2, -0.15) is 0 Å². The highest BCUT2D eigenvalue weighted by Gasteiger charge is 2.66. The third kappa shape index (κ3) is 2.86. The minimum Gasteiger partial charge on any atom is -0.507 e. The summed E-state index contributed by atoms with van der Waals surface area (Å²) in [6.45, 7) is 1.94. The summed E-state index contributed by atoms with van der Waals surface area (Å²) in [4.78, 5) is 42.7. The van der Waals surface area contributed by atoms with E-state index in [4.69, 9.17) is 4.74 Å². The Morgan fingerprint density at radius 3 is 2.56 bits per heavy atom. The second kappa shape index (κ2) is 7.87. The van der Waals surface area contributed by atoms with Crippen LogP contribution < -0.4 is 4.90 Å². The number of aliphatic hydroxyl groups excluding tert-OH is 1. The molecule has 1 N–H and O–H groups in total. The van der Waals surface area contributed by atoms with Gasteiger partial charge in [-0.05, 0) is 31.0 Å². The van der Waals surface area contributed by atoms with Crippen LogP contribution in [0.3, 0.4) is 0 Å². The van der Waals surface area contributed by atoms with E-state index < -0.39 is 34.7 Å². The van der Waals surface area contributed by atoms with Crippen LogP contribution in [0.15, 0.2) is 48.0 Å². The largest absolute Gasteiger partial charge is 0.507 e. The molecule has 0 radical (unpaired) electrons. The number of para-hydroxylation sites is 1. The Bertz CT molecular complexity index is 1170. The van der Waals surface area contributed by atoms with Crippen molar-refractivity contribution in [1.82, 2.24) is 4.90 Å². The quantitative estimate of drug-likeness (QED) is 0.336. The number of aryl methyl sites for hydroxylation is 1. The zero-order valence-corrected chi connectivity index (χ0v) is 18.0. The van der Waals surface area contributed by atoms with Crippen LogP contribution in [-0.2, 0) is 24.7 Å². The van der Waals surface area contributed by atoms with Gasteiger partial charge in [0.05, 0.1) is 5.57 Å². The number of halogens is 1. The van der Waals surface area contributed by atoms with Crippen LogP contribution in [-0.4, -0.2) is 54.9 Å². The molecule has 2 aromatic rings. The lowest BCUT2D eigenvalue weighted by molar-refractivity contribution is -0.143. The van der Waals surface area contributed by atoms with Gasteiger partial charge < -0.3 is 19.6 Å². The number of methoxy groups -OCH3 is 1. The van der Waals surface area contributed by atoms with Gasteiger partial charge in [-0.25, -0.2) is 4.39 Å². The number of carbonyl (C=O) groups is 3. The van der Waals surface area contributed by atoms with E-state index in [0.29, 0.717) is 29.8 Å². The molecule has 0 aromatic heterocycles. The topological polar surface area (TPSA) is 87.1 Å². The summed E-state index contributed by atoms with van der Waals surface area (Å²) in [6, 6.07) is 10.8. The minimum atomic E-state index is -1.83. The number of likely N-dealkylation sites (tertiary alicyclic amines) is 1. The molecular formula is C24H23FN2O5. The third-order valence-corrected chi connectivity index (χ3v) is 6.11. The van der Waals surface area contributed by atoms with E-state index in [0.717, 1.165) is 6.07 Å². The zero-order chi connectivity index (χ0) is 23.2. The highest BCUT2D eigenvalue weighted by molar-refractivity contribution is 6.50. The molecule has 1 fully saturated rings. The summed E-state index contributed by atoms with van der Waals surface area (Å²) in [5, 5.41) is 11.2. The highest BCUT2D eigenvalue weighted by atomic mass is 19.1. The maximum absolute atomic E-state index is 14.2. The number of ether oxygens (including phenoxy) is 1. The van der Waals surface area contributed by atoms with Gasteiger partial charge >= 0.3 is 0 Å². The molecule has 1 spiro atoms. The standard InChI is InChI=1S/C24H23FN2O5/c1-14-9-10-15(13-17(14)25)20(28)19-21(29)22(30)27(11-6-12-32-3)24(19)16-7-4-5-8-18(16)26(2)23(24)31/h4-5,7-10,13,28H,6,11-12H2,1-3H3. The van der Waals surface area contributed by atoms with Crippen molar-refractivity contribution in [3.8, 4) is 0 Å². The first-order valence-electron chi connectivity index (χ1n) is 10.2. The molecule has 2 amide bonds. The number of amides is 2. The SMILES string of the molecule is COCCCN1C(=O)C(=O)C(=C(O)c2ccc(C)c(F)c2)C12C(=O)N(C)c1ccccc12. The molecule has 32 heavy (non-hydrogen) atoms. The fourth-order valence-electron chi connectivity index (χ4n) is 4.52. The van der Waals surface area contributed by atoms with Gasteiger partial charge in [0.25, 0.3) is 17.6 Å². The molecule has 1 atom stereocenters. The first kappa shape index (κ1) is 21.7. The molecule has 0 aliphatic carbocycles. The Balaban J connectivity index is 2.02. The zero-order valence-electron chi connectivity index (χ0n) is 18.0. The summed E-state index contributed by atoms with van der Waals surface area (Å²) in [6.07, 6.45) is 0.379. The van der Waals surface area contributed by atoms with Crippen LogP contribution in [0.4, 0.5) is 10.1 Å². The van der Waals surface area contributed by atoms with Crippen molar-refractivity contribution >= 4 is 29.0 Å². The average molecular weight is 438 g/mol. The Morgan fingerprint density at radius 2 is 1.88 bits per heavy atom. The molecule has 2 aliphatic rings. The number of hydrogen-bond acceptors (Lipinski definition) is 5. The molecule has 1 saturated heterocycles. The van der Waals surface area contributed by atoms with Gasteiger partial charge in [-0.3, -0.25) is 14.4 Å². The number of hydrogen-bond donors (Lipinski definition) is 1. The van der Waals surface area contributed by atoms with Crippen molar-refractivity contribution in [3.63, 3.8) is 0 Å². The number of rotatable bonds is 5. The van der Waals surface area contributed by atoms with E-state index in [1.165, 1.54) is 29.0 Å². The number of ketones is 1. The van der Waals surface area contributed by atoms with Crippen LogP contribution in [0.2, 0.25) is 0 Å². The van der Waals surface area contributed by atoms with E-state index in [1.807, 2.05) is 0 Å². The maximum atomic E-state index is 14.2. The van der Waals surface area contributed by atoms with Crippen LogP contribution in [0.25, 0.3) is 5.76 Å². The van der Waals surface area contributed by atoms with Gasteiger partial charge in [0, 0.05) is 44.1 Å². The number of benzene rings is 2. The molecule has 4 rings (SSSR count). The Labute approximate surface area is 184 Å². The van der Waals surface area contributed by atoms with Gasteiger partial charge in [-0.1, -0.05) is 30.3 Å². The normalized spacial score (nSPS) is 21.7. The third-order valence-electron chi connectivity index (χ3n) is 6.11. The Morgan fingerprint density at radius 1 is 1.16 bits per heavy atom. The van der Waals surface area contributed by atoms with E-state index in [2.05, 4.69) is 0 Å². The maximum Gasteiger partial charge on any atom is 0.296 e. The van der Waals surface area contributed by atoms with Crippen molar-refractivity contribution < 1.29 is 28.6 Å². The van der Waals surface area contributed by atoms with Crippen LogP contribution >= 0.6 is 0 Å². The summed E-state index contributed by atoms with van der Waals surface area (Å²) in [7, 11) is 3.07.